The topological polar surface area (TPSA) is 177 Å². The van der Waals surface area contributed by atoms with Crippen molar-refractivity contribution in [3.63, 3.8) is 0 Å². The molecule has 13 heteroatoms. The van der Waals surface area contributed by atoms with E-state index < -0.39 is 66.6 Å². The Morgan fingerprint density at radius 1 is 1.00 bits per heavy atom. The van der Waals surface area contributed by atoms with Gasteiger partial charge in [0.05, 0.1) is 13.0 Å². The number of hydrogen-bond donors (Lipinski definition) is 5. The van der Waals surface area contributed by atoms with Crippen molar-refractivity contribution in [1.82, 2.24) is 31.1 Å². The minimum atomic E-state index is -1.39. The molecule has 2 rings (SSSR count). The fraction of sp³-hybridized carbons (Fsp3) is 0.556. The number of carbonyl (C=O) groups is 6. The second kappa shape index (κ2) is 15.6. The van der Waals surface area contributed by atoms with E-state index in [0.717, 1.165) is 13.0 Å². The molecular weight excluding hydrogens is 520 g/mol. The van der Waals surface area contributed by atoms with Crippen LogP contribution < -0.4 is 21.3 Å². The van der Waals surface area contributed by atoms with Gasteiger partial charge in [0.2, 0.25) is 23.6 Å². The molecule has 0 radical (unpaired) electrons. The van der Waals surface area contributed by atoms with Crippen molar-refractivity contribution in [3.05, 3.63) is 35.4 Å². The Morgan fingerprint density at radius 2 is 1.70 bits per heavy atom. The van der Waals surface area contributed by atoms with Gasteiger partial charge >= 0.3 is 5.97 Å². The van der Waals surface area contributed by atoms with Gasteiger partial charge in [0.25, 0.3) is 5.91 Å². The Labute approximate surface area is 234 Å². The number of carbonyl (C=O) groups excluding carboxylic acids is 5. The number of carboxylic acid groups (broad SMARTS) is 1. The summed E-state index contributed by atoms with van der Waals surface area (Å²) in [6.07, 6.45) is 1.33. The van der Waals surface area contributed by atoms with Crippen LogP contribution in [0.4, 0.5) is 0 Å². The maximum atomic E-state index is 13.4. The highest BCUT2D eigenvalue weighted by Crippen LogP contribution is 2.13. The Kier molecular flexibility index (Phi) is 12.5. The molecule has 0 unspecified atom stereocenters. The zero-order valence-electron chi connectivity index (χ0n) is 23.5. The van der Waals surface area contributed by atoms with Crippen molar-refractivity contribution in [2.24, 2.45) is 0 Å². The molecule has 1 heterocycles. The third-order valence-electron chi connectivity index (χ3n) is 6.57. The summed E-state index contributed by atoms with van der Waals surface area (Å²) >= 11 is 0. The molecule has 0 aliphatic carbocycles. The molecule has 2 bridgehead atoms. The van der Waals surface area contributed by atoms with Gasteiger partial charge in [0.15, 0.2) is 0 Å². The maximum Gasteiger partial charge on any atom is 0.305 e. The highest BCUT2D eigenvalue weighted by Gasteiger charge is 2.32. The van der Waals surface area contributed by atoms with Crippen molar-refractivity contribution >= 4 is 35.5 Å². The predicted molar refractivity (Wildman–Crippen MR) is 146 cm³/mol. The van der Waals surface area contributed by atoms with Gasteiger partial charge in [-0.1, -0.05) is 19.1 Å². The normalized spacial score (nSPS) is 21.6. The molecule has 0 aromatic heterocycles. The highest BCUT2D eigenvalue weighted by atomic mass is 16.4. The van der Waals surface area contributed by atoms with Gasteiger partial charge in [0.1, 0.15) is 18.1 Å². The maximum absolute atomic E-state index is 13.4. The second-order valence-electron chi connectivity index (χ2n) is 10.1. The van der Waals surface area contributed by atoms with Crippen LogP contribution in [0.25, 0.3) is 0 Å². The zero-order chi connectivity index (χ0) is 29.8. The third kappa shape index (κ3) is 9.95. The molecule has 40 heavy (non-hydrogen) atoms. The van der Waals surface area contributed by atoms with Gasteiger partial charge in [-0.2, -0.15) is 0 Å². The molecule has 1 aromatic rings. The Balaban J connectivity index is 2.38. The largest absolute Gasteiger partial charge is 0.481 e. The lowest BCUT2D eigenvalue weighted by Crippen LogP contribution is -2.55. The van der Waals surface area contributed by atoms with Gasteiger partial charge in [-0.15, -0.1) is 0 Å². The van der Waals surface area contributed by atoms with Crippen LogP contribution in [0.3, 0.4) is 0 Å². The Bertz CT molecular complexity index is 1090. The molecule has 0 spiro atoms. The fourth-order valence-electron chi connectivity index (χ4n) is 4.30. The highest BCUT2D eigenvalue weighted by molar-refractivity contribution is 5.99. The van der Waals surface area contributed by atoms with Gasteiger partial charge in [-0.25, -0.2) is 0 Å². The number of hydrogen-bond acceptors (Lipinski definition) is 7. The van der Waals surface area contributed by atoms with E-state index in [1.807, 2.05) is 19.0 Å². The number of benzene rings is 1. The number of nitrogens with one attached hydrogen (secondary N) is 4. The van der Waals surface area contributed by atoms with Crippen molar-refractivity contribution < 1.29 is 33.9 Å². The lowest BCUT2D eigenvalue weighted by Gasteiger charge is -2.31. The number of fused-ring (bicyclic) bond motifs is 2. The summed E-state index contributed by atoms with van der Waals surface area (Å²) in [6, 6.07) is 3.20. The fourth-order valence-corrected chi connectivity index (χ4v) is 4.30. The molecule has 0 fully saturated rings. The summed E-state index contributed by atoms with van der Waals surface area (Å²) in [7, 11) is 5.35. The molecule has 1 aliphatic heterocycles. The molecule has 5 N–H and O–H groups in total. The standard InChI is InChI=1S/C27H40N6O7/c1-5-19-27(40)33(4)21(11-6-7-12-32(2)3)26(39)29-16-22(34)30-20(14-23(35)36)25(38)28-15-17-9-8-10-18(13-17)24(37)31-19/h8-10,13,19-21H,5-7,11-12,14-16H2,1-4H3,(H,28,38)(H,29,39)(H,30,34)(H,31,37)(H,35,36)/t19-,20+,21+/m1/s1. The van der Waals surface area contributed by atoms with E-state index in [1.165, 1.54) is 11.9 Å². The van der Waals surface area contributed by atoms with E-state index >= 15 is 0 Å². The van der Waals surface area contributed by atoms with Crippen molar-refractivity contribution in [3.8, 4) is 0 Å². The summed E-state index contributed by atoms with van der Waals surface area (Å²) in [5.74, 6) is -4.30. The van der Waals surface area contributed by atoms with E-state index in [4.69, 9.17) is 0 Å². The average molecular weight is 561 g/mol. The molecule has 1 aliphatic rings. The Hall–Kier alpha value is -4.00. The zero-order valence-corrected chi connectivity index (χ0v) is 23.5. The van der Waals surface area contributed by atoms with Crippen LogP contribution in [0.15, 0.2) is 24.3 Å². The van der Waals surface area contributed by atoms with Crippen LogP contribution in [0, 0.1) is 0 Å². The van der Waals surface area contributed by atoms with Crippen LogP contribution in [0.5, 0.6) is 0 Å². The van der Waals surface area contributed by atoms with E-state index in [0.29, 0.717) is 18.4 Å². The molecule has 5 amide bonds. The number of carboxylic acids is 1. The predicted octanol–water partition coefficient (Wildman–Crippen LogP) is -0.541. The summed E-state index contributed by atoms with van der Waals surface area (Å²) in [6.45, 7) is 1.98. The number of aliphatic carboxylic acids is 1. The minimum absolute atomic E-state index is 0.0307. The minimum Gasteiger partial charge on any atom is -0.481 e. The van der Waals surface area contributed by atoms with Gasteiger partial charge in [-0.3, -0.25) is 28.8 Å². The SMILES string of the molecule is CC[C@H]1NC(=O)c2cccc(c2)CNC(=O)[C@H](CC(=O)O)NC(=O)CNC(=O)[C@H](CCCCN(C)C)N(C)C1=O. The summed E-state index contributed by atoms with van der Waals surface area (Å²) in [5, 5.41) is 19.4. The van der Waals surface area contributed by atoms with Crippen LogP contribution >= 0.6 is 0 Å². The molecule has 0 saturated heterocycles. The first kappa shape index (κ1) is 32.2. The van der Waals surface area contributed by atoms with E-state index in [2.05, 4.69) is 21.3 Å². The molecule has 0 saturated carbocycles. The van der Waals surface area contributed by atoms with Crippen LogP contribution in [-0.4, -0.2) is 103 Å². The number of unbranched alkanes of at least 4 members (excludes halogenated alkanes) is 1. The molecule has 220 valence electrons. The summed E-state index contributed by atoms with van der Waals surface area (Å²) in [5.41, 5.74) is 0.819. The monoisotopic (exact) mass is 560 g/mol. The van der Waals surface area contributed by atoms with Crippen LogP contribution in [0.2, 0.25) is 0 Å². The quantitative estimate of drug-likeness (QED) is 0.263. The van der Waals surface area contributed by atoms with Gasteiger partial charge < -0.3 is 36.2 Å². The van der Waals surface area contributed by atoms with E-state index in [1.54, 1.807) is 31.2 Å². The molecular formula is C27H40N6O7. The first-order valence-electron chi connectivity index (χ1n) is 13.3. The lowest BCUT2D eigenvalue weighted by atomic mass is 10.0. The lowest BCUT2D eigenvalue weighted by molar-refractivity contribution is -0.141. The number of likely N-dealkylation sites (N-methyl/N-ethyl adjacent to an activating group) is 1. The summed E-state index contributed by atoms with van der Waals surface area (Å²) in [4.78, 5) is 79.6. The number of nitrogens with zero attached hydrogens (tertiary/aromatic N) is 2. The molecule has 3 atom stereocenters. The van der Waals surface area contributed by atoms with Crippen molar-refractivity contribution in [1.29, 1.82) is 0 Å². The van der Waals surface area contributed by atoms with Crippen molar-refractivity contribution in [2.45, 2.75) is 63.7 Å². The average Bonchev–Trinajstić information content (AvgIpc) is 2.91. The Morgan fingerprint density at radius 3 is 2.35 bits per heavy atom. The molecule has 13 nitrogen and oxygen atoms in total. The smallest absolute Gasteiger partial charge is 0.305 e. The summed E-state index contributed by atoms with van der Waals surface area (Å²) < 4.78 is 0. The number of amides is 5. The van der Waals surface area contributed by atoms with Gasteiger partial charge in [-0.05, 0) is 64.0 Å². The van der Waals surface area contributed by atoms with Crippen LogP contribution in [-0.2, 0) is 30.5 Å². The van der Waals surface area contributed by atoms with Gasteiger partial charge in [0, 0.05) is 19.2 Å². The van der Waals surface area contributed by atoms with Crippen molar-refractivity contribution in [2.75, 3.05) is 34.2 Å². The molecule has 1 aromatic carbocycles. The third-order valence-corrected chi connectivity index (χ3v) is 6.57. The number of rotatable bonds is 8. The van der Waals surface area contributed by atoms with E-state index in [-0.39, 0.29) is 18.5 Å². The van der Waals surface area contributed by atoms with E-state index in [9.17, 15) is 33.9 Å². The first-order valence-corrected chi connectivity index (χ1v) is 13.3. The second-order valence-corrected chi connectivity index (χ2v) is 10.1. The first-order chi connectivity index (χ1) is 18.9. The van der Waals surface area contributed by atoms with Crippen LogP contribution in [0.1, 0.15) is 54.9 Å².